The maximum Gasteiger partial charge on any atom is 0.255 e. The molecule has 1 aliphatic heterocycles. The number of aromatic hydroxyl groups is 1. The van der Waals surface area contributed by atoms with Gasteiger partial charge in [-0.15, -0.1) is 0 Å². The highest BCUT2D eigenvalue weighted by molar-refractivity contribution is 5.96. The van der Waals surface area contributed by atoms with Crippen LogP contribution in [0.25, 0.3) is 0 Å². The van der Waals surface area contributed by atoms with Crippen LogP contribution in [0.15, 0.2) is 42.1 Å². The summed E-state index contributed by atoms with van der Waals surface area (Å²) in [4.78, 5) is 31.5. The Bertz CT molecular complexity index is 1140. The van der Waals surface area contributed by atoms with Crippen molar-refractivity contribution < 1.29 is 14.7 Å². The first-order valence-corrected chi connectivity index (χ1v) is 14.5. The van der Waals surface area contributed by atoms with Gasteiger partial charge in [0.05, 0.1) is 5.57 Å². The molecule has 5 rings (SSSR count). The molecule has 2 bridgehead atoms. The minimum atomic E-state index is -0.0826. The van der Waals surface area contributed by atoms with Crippen molar-refractivity contribution in [3.8, 4) is 5.75 Å². The number of rotatable bonds is 9. The van der Waals surface area contributed by atoms with Crippen molar-refractivity contribution in [3.63, 3.8) is 0 Å². The van der Waals surface area contributed by atoms with Crippen LogP contribution >= 0.6 is 0 Å². The molecule has 3 aliphatic carbocycles. The second-order valence-corrected chi connectivity index (χ2v) is 12.6. The summed E-state index contributed by atoms with van der Waals surface area (Å²) in [7, 11) is 3.85. The first-order valence-electron chi connectivity index (χ1n) is 14.5. The average molecular weight is 520 g/mol. The number of allylic oxidation sites excluding steroid dienone is 1. The molecule has 0 radical (unpaired) electrons. The first kappa shape index (κ1) is 27.0. The van der Waals surface area contributed by atoms with E-state index in [9.17, 15) is 14.7 Å². The van der Waals surface area contributed by atoms with E-state index in [1.807, 2.05) is 49.2 Å². The number of carbonyl (C=O) groups excluding carboxylic acids is 2. The molecular weight excluding hydrogens is 474 g/mol. The number of piperidine rings is 1. The fourth-order valence-corrected chi connectivity index (χ4v) is 8.33. The smallest absolute Gasteiger partial charge is 0.255 e. The molecule has 1 heterocycles. The van der Waals surface area contributed by atoms with E-state index in [4.69, 9.17) is 0 Å². The average Bonchev–Trinajstić information content (AvgIpc) is 3.66. The highest BCUT2D eigenvalue weighted by atomic mass is 16.3. The van der Waals surface area contributed by atoms with E-state index >= 15 is 0 Å². The third-order valence-electron chi connectivity index (χ3n) is 10.7. The summed E-state index contributed by atoms with van der Waals surface area (Å²) in [6.45, 7) is 9.82. The minimum absolute atomic E-state index is 0.00761. The Hall–Kier alpha value is -2.60. The van der Waals surface area contributed by atoms with Gasteiger partial charge in [-0.1, -0.05) is 13.0 Å². The van der Waals surface area contributed by atoms with Crippen molar-refractivity contribution >= 4 is 12.2 Å². The van der Waals surface area contributed by atoms with Crippen LogP contribution in [0.2, 0.25) is 0 Å². The largest absolute Gasteiger partial charge is 0.508 e. The molecule has 4 aliphatic rings. The summed E-state index contributed by atoms with van der Waals surface area (Å²) in [6, 6.07) is 6.55. The van der Waals surface area contributed by atoms with E-state index in [2.05, 4.69) is 24.8 Å². The monoisotopic (exact) mass is 519 g/mol. The molecule has 1 aromatic carbocycles. The fraction of sp³-hybridized carbons (Fsp3) is 0.625. The van der Waals surface area contributed by atoms with Crippen molar-refractivity contribution in [2.45, 2.75) is 76.8 Å². The van der Waals surface area contributed by atoms with Gasteiger partial charge in [-0.2, -0.15) is 0 Å². The van der Waals surface area contributed by atoms with E-state index in [0.717, 1.165) is 51.0 Å². The van der Waals surface area contributed by atoms with E-state index in [1.165, 1.54) is 36.6 Å². The van der Waals surface area contributed by atoms with E-state index in [-0.39, 0.29) is 28.7 Å². The molecule has 1 N–H and O–H groups in total. The molecular formula is C32H45N3O3. The lowest BCUT2D eigenvalue weighted by molar-refractivity contribution is -0.130. The molecule has 5 unspecified atom stereocenters. The number of aldehydes is 1. The number of carbonyl (C=O) groups is 2. The maximum atomic E-state index is 13.8. The molecule has 1 aromatic rings. The number of likely N-dealkylation sites (tertiary alicyclic amines) is 1. The Morgan fingerprint density at radius 2 is 2.00 bits per heavy atom. The van der Waals surface area contributed by atoms with Crippen molar-refractivity contribution in [1.29, 1.82) is 0 Å². The zero-order valence-electron chi connectivity index (χ0n) is 23.8. The minimum Gasteiger partial charge on any atom is -0.508 e. The molecule has 1 amide bonds. The van der Waals surface area contributed by atoms with Crippen LogP contribution in [0.3, 0.4) is 0 Å². The zero-order chi connectivity index (χ0) is 27.2. The van der Waals surface area contributed by atoms with Gasteiger partial charge in [-0.25, -0.2) is 0 Å². The van der Waals surface area contributed by atoms with Crippen LogP contribution < -0.4 is 0 Å². The Labute approximate surface area is 228 Å². The molecule has 6 heteroatoms. The van der Waals surface area contributed by atoms with Crippen LogP contribution in [-0.2, 0) is 21.4 Å². The van der Waals surface area contributed by atoms with Crippen molar-refractivity contribution in [2.24, 2.45) is 17.3 Å². The SMILES string of the molecule is CCN(C)/C=C(\C=C/C=O)C(=O)N(C)C(C)C1CCC2(C)C3Cc4ccc(O)cc4C12CCN3CC1CC1. The summed E-state index contributed by atoms with van der Waals surface area (Å²) < 4.78 is 0. The standard InChI is InChI=1S/C32H45N3O3/c1-6-33(4)21-25(8-7-17-36)30(38)34(5)22(2)27-13-14-31(3)29-18-24-11-12-26(37)19-28(24)32(27,31)15-16-35(29)20-23-9-10-23/h7-8,11-12,17,19,21-23,27,29,37H,6,9-10,13-16,18,20H2,1-5H3/b8-7-,25-21+. The van der Waals surface area contributed by atoms with Gasteiger partial charge in [0, 0.05) is 50.9 Å². The highest BCUT2D eigenvalue weighted by Gasteiger charge is 2.67. The molecule has 1 saturated heterocycles. The van der Waals surface area contributed by atoms with Gasteiger partial charge in [0.2, 0.25) is 0 Å². The van der Waals surface area contributed by atoms with E-state index in [1.54, 1.807) is 6.08 Å². The molecule has 6 nitrogen and oxygen atoms in total. The second kappa shape index (κ2) is 10.2. The lowest BCUT2D eigenvalue weighted by atomic mass is 9.48. The van der Waals surface area contributed by atoms with E-state index < -0.39 is 0 Å². The topological polar surface area (TPSA) is 64.1 Å². The summed E-state index contributed by atoms with van der Waals surface area (Å²) >= 11 is 0. The molecule has 206 valence electrons. The molecule has 0 spiro atoms. The number of amides is 1. The number of phenolic OH excluding ortho intramolecular Hbond substituents is 1. The Morgan fingerprint density at radius 3 is 2.68 bits per heavy atom. The van der Waals surface area contributed by atoms with Gasteiger partial charge in [0.15, 0.2) is 0 Å². The third kappa shape index (κ3) is 4.29. The predicted molar refractivity (Wildman–Crippen MR) is 151 cm³/mol. The number of fused-ring (bicyclic) bond motifs is 1. The lowest BCUT2D eigenvalue weighted by Gasteiger charge is -2.63. The summed E-state index contributed by atoms with van der Waals surface area (Å²) in [6.07, 6.45) is 12.6. The molecule has 0 aromatic heterocycles. The van der Waals surface area contributed by atoms with Gasteiger partial charge in [-0.05, 0) is 112 Å². The number of likely N-dealkylation sites (N-methyl/N-ethyl adjacent to an activating group) is 1. The highest BCUT2D eigenvalue weighted by Crippen LogP contribution is 2.68. The first-order chi connectivity index (χ1) is 18.2. The Morgan fingerprint density at radius 1 is 1.24 bits per heavy atom. The quantitative estimate of drug-likeness (QED) is 0.295. The van der Waals surface area contributed by atoms with Crippen LogP contribution in [0.5, 0.6) is 5.75 Å². The third-order valence-corrected chi connectivity index (χ3v) is 10.7. The fourth-order valence-electron chi connectivity index (χ4n) is 8.33. The molecule has 38 heavy (non-hydrogen) atoms. The van der Waals surface area contributed by atoms with Gasteiger partial charge in [-0.3, -0.25) is 14.5 Å². The van der Waals surface area contributed by atoms with Crippen molar-refractivity contribution in [2.75, 3.05) is 33.7 Å². The predicted octanol–water partition coefficient (Wildman–Crippen LogP) is 4.52. The number of nitrogens with zero attached hydrogens (tertiary/aromatic N) is 3. The van der Waals surface area contributed by atoms with Crippen LogP contribution in [-0.4, -0.2) is 77.8 Å². The Balaban J connectivity index is 1.52. The molecule has 5 atom stereocenters. The number of hydrogen-bond donors (Lipinski definition) is 1. The summed E-state index contributed by atoms with van der Waals surface area (Å²) in [5.74, 6) is 1.43. The number of hydrogen-bond acceptors (Lipinski definition) is 5. The second-order valence-electron chi connectivity index (χ2n) is 12.6. The normalized spacial score (nSPS) is 31.6. The van der Waals surface area contributed by atoms with Crippen LogP contribution in [0.4, 0.5) is 0 Å². The Kier molecular flexibility index (Phi) is 7.23. The summed E-state index contributed by atoms with van der Waals surface area (Å²) in [5.41, 5.74) is 3.23. The van der Waals surface area contributed by atoms with Crippen LogP contribution in [0, 0.1) is 17.3 Å². The van der Waals surface area contributed by atoms with Gasteiger partial charge < -0.3 is 14.9 Å². The van der Waals surface area contributed by atoms with E-state index in [0.29, 0.717) is 17.4 Å². The van der Waals surface area contributed by atoms with Gasteiger partial charge >= 0.3 is 0 Å². The molecule has 3 fully saturated rings. The summed E-state index contributed by atoms with van der Waals surface area (Å²) in [5, 5.41) is 10.6. The lowest BCUT2D eigenvalue weighted by Crippen LogP contribution is -2.67. The maximum absolute atomic E-state index is 13.8. The van der Waals surface area contributed by atoms with Crippen LogP contribution in [0.1, 0.15) is 64.0 Å². The number of benzene rings is 1. The van der Waals surface area contributed by atoms with Gasteiger partial charge in [0.1, 0.15) is 12.0 Å². The molecule has 2 saturated carbocycles. The van der Waals surface area contributed by atoms with Crippen molar-refractivity contribution in [1.82, 2.24) is 14.7 Å². The van der Waals surface area contributed by atoms with Gasteiger partial charge in [0.25, 0.3) is 5.91 Å². The van der Waals surface area contributed by atoms with Crippen molar-refractivity contribution in [3.05, 3.63) is 53.3 Å². The zero-order valence-corrected chi connectivity index (χ0v) is 23.8. The number of phenols is 1.